The lowest BCUT2D eigenvalue weighted by Crippen LogP contribution is -2.48. The van der Waals surface area contributed by atoms with Crippen LogP contribution < -0.4 is 4.90 Å². The van der Waals surface area contributed by atoms with Crippen molar-refractivity contribution in [2.24, 2.45) is 5.92 Å². The first-order valence-corrected chi connectivity index (χ1v) is 10.7. The number of hydrogen-bond donors (Lipinski definition) is 0. The Morgan fingerprint density at radius 2 is 1.73 bits per heavy atom. The van der Waals surface area contributed by atoms with Crippen molar-refractivity contribution in [3.63, 3.8) is 0 Å². The van der Waals surface area contributed by atoms with Crippen molar-refractivity contribution in [3.8, 4) is 0 Å². The molecule has 1 aromatic heterocycles. The maximum atomic E-state index is 12.8. The Morgan fingerprint density at radius 1 is 1.00 bits per heavy atom. The van der Waals surface area contributed by atoms with Crippen LogP contribution in [0.15, 0.2) is 0 Å². The predicted octanol–water partition coefficient (Wildman–Crippen LogP) is 1.93. The summed E-state index contributed by atoms with van der Waals surface area (Å²) in [5.41, 5.74) is 1.20. The Bertz CT molecular complexity index is 675. The lowest BCUT2D eigenvalue weighted by Gasteiger charge is -2.33. The molecule has 0 saturated carbocycles. The summed E-state index contributed by atoms with van der Waals surface area (Å²) in [6.45, 7) is 6.76. The summed E-state index contributed by atoms with van der Waals surface area (Å²) >= 11 is 1.76. The molecule has 2 amide bonds. The molecule has 0 N–H and O–H groups in total. The highest BCUT2D eigenvalue weighted by molar-refractivity contribution is 7.15. The largest absolute Gasteiger partial charge is 0.345 e. The number of aromatic nitrogens is 1. The minimum atomic E-state index is 0.142. The fourth-order valence-corrected chi connectivity index (χ4v) is 5.53. The number of nitrogens with zero attached hydrogens (tertiary/aromatic N) is 4. The smallest absolute Gasteiger partial charge is 0.226 e. The second-order valence-electron chi connectivity index (χ2n) is 7.69. The van der Waals surface area contributed by atoms with Gasteiger partial charge in [0.1, 0.15) is 0 Å². The Hall–Kier alpha value is -1.63. The molecule has 0 radical (unpaired) electrons. The third kappa shape index (κ3) is 3.59. The van der Waals surface area contributed by atoms with E-state index < -0.39 is 0 Å². The van der Waals surface area contributed by atoms with Crippen molar-refractivity contribution in [2.45, 2.75) is 45.4 Å². The van der Waals surface area contributed by atoms with Gasteiger partial charge in [0.15, 0.2) is 5.13 Å². The predicted molar refractivity (Wildman–Crippen MR) is 103 cm³/mol. The molecule has 0 unspecified atom stereocenters. The van der Waals surface area contributed by atoms with Crippen LogP contribution >= 0.6 is 11.3 Å². The second-order valence-corrected chi connectivity index (χ2v) is 8.75. The van der Waals surface area contributed by atoms with Crippen molar-refractivity contribution >= 4 is 28.3 Å². The number of anilines is 1. The third-order valence-electron chi connectivity index (χ3n) is 5.94. The average Bonchev–Trinajstić information content (AvgIpc) is 3.11. The van der Waals surface area contributed by atoms with E-state index in [9.17, 15) is 9.59 Å². The van der Waals surface area contributed by atoms with E-state index in [2.05, 4.69) is 9.80 Å². The number of rotatable bonds is 2. The number of amides is 2. The molecule has 26 heavy (non-hydrogen) atoms. The molecule has 0 spiro atoms. The van der Waals surface area contributed by atoms with E-state index in [1.165, 1.54) is 17.0 Å². The van der Waals surface area contributed by atoms with Crippen LogP contribution in [0.2, 0.25) is 0 Å². The van der Waals surface area contributed by atoms with E-state index in [4.69, 9.17) is 4.98 Å². The molecular weight excluding hydrogens is 348 g/mol. The summed E-state index contributed by atoms with van der Waals surface area (Å²) in [6, 6.07) is 0. The van der Waals surface area contributed by atoms with Gasteiger partial charge in [-0.1, -0.05) is 0 Å². The Morgan fingerprint density at radius 3 is 2.42 bits per heavy atom. The molecule has 0 bridgehead atoms. The lowest BCUT2D eigenvalue weighted by molar-refractivity contribution is -0.136. The second kappa shape index (κ2) is 7.55. The number of piperidine rings is 1. The third-order valence-corrected chi connectivity index (χ3v) is 7.12. The van der Waals surface area contributed by atoms with Gasteiger partial charge in [-0.05, 0) is 38.5 Å². The van der Waals surface area contributed by atoms with Gasteiger partial charge in [0.05, 0.1) is 5.69 Å². The molecule has 1 aliphatic carbocycles. The van der Waals surface area contributed by atoms with Gasteiger partial charge in [-0.2, -0.15) is 0 Å². The Balaban J connectivity index is 1.39. The zero-order valence-corrected chi connectivity index (χ0v) is 16.4. The number of piperazine rings is 1. The summed E-state index contributed by atoms with van der Waals surface area (Å²) in [7, 11) is 0. The van der Waals surface area contributed by atoms with Gasteiger partial charge in [0.2, 0.25) is 11.8 Å². The van der Waals surface area contributed by atoms with Gasteiger partial charge in [0.25, 0.3) is 0 Å². The fourth-order valence-electron chi connectivity index (χ4n) is 4.29. The van der Waals surface area contributed by atoms with Crippen molar-refractivity contribution in [1.29, 1.82) is 0 Å². The number of thiazole rings is 1. The zero-order valence-electron chi connectivity index (χ0n) is 15.6. The molecule has 2 saturated heterocycles. The van der Waals surface area contributed by atoms with Gasteiger partial charge in [0, 0.05) is 57.0 Å². The van der Waals surface area contributed by atoms with Crippen LogP contribution in [0.5, 0.6) is 0 Å². The van der Waals surface area contributed by atoms with E-state index in [-0.39, 0.29) is 11.8 Å². The van der Waals surface area contributed by atoms with Crippen molar-refractivity contribution < 1.29 is 9.59 Å². The van der Waals surface area contributed by atoms with Gasteiger partial charge in [-0.15, -0.1) is 11.3 Å². The van der Waals surface area contributed by atoms with Gasteiger partial charge in [-0.3, -0.25) is 9.59 Å². The van der Waals surface area contributed by atoms with Crippen LogP contribution in [0.3, 0.4) is 0 Å². The first-order chi connectivity index (χ1) is 12.6. The monoisotopic (exact) mass is 376 g/mol. The number of aryl methyl sites for hydroxylation is 1. The van der Waals surface area contributed by atoms with Crippen LogP contribution in [0, 0.1) is 5.92 Å². The molecule has 4 rings (SSSR count). The fraction of sp³-hybridized carbons (Fsp3) is 0.737. The Labute approximate surface area is 159 Å². The van der Waals surface area contributed by atoms with E-state index in [0.29, 0.717) is 5.91 Å². The minimum Gasteiger partial charge on any atom is -0.345 e. The van der Waals surface area contributed by atoms with E-state index >= 15 is 0 Å². The van der Waals surface area contributed by atoms with E-state index in [1.54, 1.807) is 18.3 Å². The van der Waals surface area contributed by atoms with Gasteiger partial charge >= 0.3 is 0 Å². The van der Waals surface area contributed by atoms with Gasteiger partial charge in [-0.25, -0.2) is 4.98 Å². The average molecular weight is 377 g/mol. The SMILES string of the molecule is CC(=O)N1CCN(c2nc3c(s2)C[C@H](C(=O)N2CCCCC2)CC3)CC1. The van der Waals surface area contributed by atoms with Crippen LogP contribution in [0.4, 0.5) is 5.13 Å². The first kappa shape index (κ1) is 17.8. The zero-order chi connectivity index (χ0) is 18.1. The van der Waals surface area contributed by atoms with Crippen molar-refractivity contribution in [2.75, 3.05) is 44.2 Å². The highest BCUT2D eigenvalue weighted by Crippen LogP contribution is 2.35. The Kier molecular flexibility index (Phi) is 5.16. The van der Waals surface area contributed by atoms with E-state index in [1.807, 2.05) is 4.90 Å². The van der Waals surface area contributed by atoms with Crippen molar-refractivity contribution in [1.82, 2.24) is 14.8 Å². The highest BCUT2D eigenvalue weighted by atomic mass is 32.1. The molecule has 3 aliphatic rings. The van der Waals surface area contributed by atoms with Crippen LogP contribution in [0.25, 0.3) is 0 Å². The normalized spacial score (nSPS) is 23.7. The van der Waals surface area contributed by atoms with E-state index in [0.717, 1.165) is 76.5 Å². The summed E-state index contributed by atoms with van der Waals surface area (Å²) in [6.07, 6.45) is 6.28. The molecule has 142 valence electrons. The summed E-state index contributed by atoms with van der Waals surface area (Å²) in [5.74, 6) is 0.658. The molecule has 0 aromatic carbocycles. The summed E-state index contributed by atoms with van der Waals surface area (Å²) < 4.78 is 0. The molecule has 1 atom stereocenters. The maximum absolute atomic E-state index is 12.8. The maximum Gasteiger partial charge on any atom is 0.226 e. The first-order valence-electron chi connectivity index (χ1n) is 9.89. The standard InChI is InChI=1S/C19H28N4O2S/c1-14(24)21-9-11-23(12-10-21)19-20-16-6-5-15(13-17(16)26-19)18(25)22-7-3-2-4-8-22/h15H,2-13H2,1H3/t15-/m1/s1. The molecule has 3 heterocycles. The van der Waals surface area contributed by atoms with Crippen LogP contribution in [-0.4, -0.2) is 65.9 Å². The molecule has 6 nitrogen and oxygen atoms in total. The molecule has 7 heteroatoms. The lowest BCUT2D eigenvalue weighted by atomic mass is 9.89. The van der Waals surface area contributed by atoms with Crippen molar-refractivity contribution in [3.05, 3.63) is 10.6 Å². The molecule has 1 aromatic rings. The molecule has 2 aliphatic heterocycles. The number of hydrogen-bond acceptors (Lipinski definition) is 5. The van der Waals surface area contributed by atoms with Crippen LogP contribution in [-0.2, 0) is 22.4 Å². The van der Waals surface area contributed by atoms with Gasteiger partial charge < -0.3 is 14.7 Å². The number of likely N-dealkylation sites (tertiary alicyclic amines) is 1. The topological polar surface area (TPSA) is 56.8 Å². The minimum absolute atomic E-state index is 0.142. The highest BCUT2D eigenvalue weighted by Gasteiger charge is 2.32. The summed E-state index contributed by atoms with van der Waals surface area (Å²) in [5, 5.41) is 1.07. The quantitative estimate of drug-likeness (QED) is 0.791. The molecular formula is C19H28N4O2S. The number of fused-ring (bicyclic) bond motifs is 1. The van der Waals surface area contributed by atoms with Crippen LogP contribution in [0.1, 0.15) is 43.2 Å². The molecule has 2 fully saturated rings. The number of carbonyl (C=O) groups excluding carboxylic acids is 2. The number of carbonyl (C=O) groups is 2. The summed E-state index contributed by atoms with van der Waals surface area (Å²) in [4.78, 5) is 36.8.